The second-order valence-corrected chi connectivity index (χ2v) is 7.90. The van der Waals surface area contributed by atoms with Crippen LogP contribution in [0.25, 0.3) is 0 Å². The van der Waals surface area contributed by atoms with E-state index in [-0.39, 0.29) is 0 Å². The number of pyridine rings is 1. The highest BCUT2D eigenvalue weighted by Crippen LogP contribution is 2.16. The number of carbonyl (C=O) groups excluding carboxylic acids is 1. The van der Waals surface area contributed by atoms with Crippen molar-refractivity contribution in [3.05, 3.63) is 30.1 Å². The maximum atomic E-state index is 12.8. The Morgan fingerprint density at radius 1 is 1.19 bits per heavy atom. The summed E-state index contributed by atoms with van der Waals surface area (Å²) in [6, 6.07) is 6.55. The highest BCUT2D eigenvalue weighted by Gasteiger charge is 2.27. The number of aromatic nitrogens is 1. The average Bonchev–Trinajstić information content (AvgIpc) is 2.73. The molecule has 0 bridgehead atoms. The van der Waals surface area contributed by atoms with Gasteiger partial charge in [0.05, 0.1) is 6.54 Å². The first-order valence-electron chi connectivity index (χ1n) is 10.5. The van der Waals surface area contributed by atoms with Crippen molar-refractivity contribution in [3.63, 3.8) is 0 Å². The van der Waals surface area contributed by atoms with E-state index in [0.717, 1.165) is 70.9 Å². The summed E-state index contributed by atoms with van der Waals surface area (Å²) in [5.74, 6) is 0.308. The fourth-order valence-electron chi connectivity index (χ4n) is 4.12. The van der Waals surface area contributed by atoms with E-state index in [4.69, 9.17) is 0 Å². The monoisotopic (exact) mass is 373 g/mol. The number of piperazine rings is 1. The van der Waals surface area contributed by atoms with E-state index in [1.165, 1.54) is 6.42 Å². The van der Waals surface area contributed by atoms with Crippen molar-refractivity contribution in [1.82, 2.24) is 24.6 Å². The van der Waals surface area contributed by atoms with Gasteiger partial charge in [-0.25, -0.2) is 0 Å². The Balaban J connectivity index is 1.43. The fraction of sp³-hybridized carbons (Fsp3) is 0.714. The van der Waals surface area contributed by atoms with Crippen molar-refractivity contribution in [2.24, 2.45) is 0 Å². The molecule has 0 spiro atoms. The van der Waals surface area contributed by atoms with Gasteiger partial charge in [0.15, 0.2) is 0 Å². The van der Waals surface area contributed by atoms with Gasteiger partial charge in [-0.2, -0.15) is 0 Å². The van der Waals surface area contributed by atoms with Crippen molar-refractivity contribution in [2.45, 2.75) is 32.2 Å². The normalized spacial score (nSPS) is 22.3. The maximum Gasteiger partial charge on any atom is 0.236 e. The number of piperidine rings is 1. The van der Waals surface area contributed by atoms with Crippen LogP contribution in [0.4, 0.5) is 0 Å². The predicted octanol–water partition coefficient (Wildman–Crippen LogP) is 1.18. The molecule has 6 nitrogen and oxygen atoms in total. The van der Waals surface area contributed by atoms with Crippen LogP contribution in [0, 0.1) is 0 Å². The summed E-state index contributed by atoms with van der Waals surface area (Å²) in [4.78, 5) is 26.5. The van der Waals surface area contributed by atoms with Crippen LogP contribution in [0.5, 0.6) is 0 Å². The summed E-state index contributed by atoms with van der Waals surface area (Å²) in [7, 11) is 2.19. The van der Waals surface area contributed by atoms with E-state index >= 15 is 0 Å². The Labute approximate surface area is 164 Å². The van der Waals surface area contributed by atoms with Crippen LogP contribution in [0.2, 0.25) is 0 Å². The SMILES string of the molecule is CCN1CCN(CC(=O)N2CCCC(N(C)CCc3ccccn3)C2)CC1. The van der Waals surface area contributed by atoms with Gasteiger partial charge in [-0.3, -0.25) is 14.7 Å². The number of likely N-dealkylation sites (N-methyl/N-ethyl adjacent to an activating group) is 2. The minimum atomic E-state index is 0.308. The van der Waals surface area contributed by atoms with Crippen LogP contribution in [0.3, 0.4) is 0 Å². The first-order valence-corrected chi connectivity index (χ1v) is 10.5. The third-order valence-electron chi connectivity index (χ3n) is 6.09. The third kappa shape index (κ3) is 5.99. The van der Waals surface area contributed by atoms with Crippen LogP contribution in [0.1, 0.15) is 25.5 Å². The topological polar surface area (TPSA) is 42.9 Å². The fourth-order valence-corrected chi connectivity index (χ4v) is 4.12. The van der Waals surface area contributed by atoms with E-state index < -0.39 is 0 Å². The molecule has 0 saturated carbocycles. The van der Waals surface area contributed by atoms with Gasteiger partial charge in [0.25, 0.3) is 0 Å². The molecular weight excluding hydrogens is 338 g/mol. The molecule has 1 unspecified atom stereocenters. The van der Waals surface area contributed by atoms with E-state index in [1.54, 1.807) is 0 Å². The van der Waals surface area contributed by atoms with Gasteiger partial charge in [0, 0.05) is 70.2 Å². The number of rotatable bonds is 7. The molecule has 0 aliphatic carbocycles. The Morgan fingerprint density at radius 3 is 2.67 bits per heavy atom. The molecule has 1 atom stereocenters. The zero-order valence-corrected chi connectivity index (χ0v) is 17.0. The Kier molecular flexibility index (Phi) is 7.61. The van der Waals surface area contributed by atoms with Crippen molar-refractivity contribution in [3.8, 4) is 0 Å². The molecule has 0 N–H and O–H groups in total. The smallest absolute Gasteiger partial charge is 0.236 e. The van der Waals surface area contributed by atoms with Crippen LogP contribution < -0.4 is 0 Å². The Morgan fingerprint density at radius 2 is 1.96 bits per heavy atom. The minimum Gasteiger partial charge on any atom is -0.340 e. The molecule has 2 aliphatic rings. The van der Waals surface area contributed by atoms with Crippen molar-refractivity contribution in [1.29, 1.82) is 0 Å². The summed E-state index contributed by atoms with van der Waals surface area (Å²) in [5.41, 5.74) is 1.14. The lowest BCUT2D eigenvalue weighted by Gasteiger charge is -2.39. The molecule has 2 saturated heterocycles. The number of hydrogen-bond acceptors (Lipinski definition) is 5. The van der Waals surface area contributed by atoms with Crippen LogP contribution in [-0.2, 0) is 11.2 Å². The summed E-state index contributed by atoms with van der Waals surface area (Å²) in [6.45, 7) is 10.9. The second kappa shape index (κ2) is 10.2. The molecule has 27 heavy (non-hydrogen) atoms. The van der Waals surface area contributed by atoms with Gasteiger partial charge in [-0.1, -0.05) is 13.0 Å². The molecule has 150 valence electrons. The van der Waals surface area contributed by atoms with Crippen molar-refractivity contribution >= 4 is 5.91 Å². The van der Waals surface area contributed by atoms with Gasteiger partial charge in [-0.05, 0) is 38.6 Å². The lowest BCUT2D eigenvalue weighted by Crippen LogP contribution is -2.53. The third-order valence-corrected chi connectivity index (χ3v) is 6.09. The first kappa shape index (κ1) is 20.2. The van der Waals surface area contributed by atoms with Gasteiger partial charge >= 0.3 is 0 Å². The highest BCUT2D eigenvalue weighted by molar-refractivity contribution is 5.78. The lowest BCUT2D eigenvalue weighted by molar-refractivity contribution is -0.134. The van der Waals surface area contributed by atoms with Crippen molar-refractivity contribution in [2.75, 3.05) is 66.0 Å². The molecule has 2 fully saturated rings. The van der Waals surface area contributed by atoms with E-state index in [1.807, 2.05) is 18.3 Å². The molecule has 3 rings (SSSR count). The Bertz CT molecular complexity index is 573. The number of carbonyl (C=O) groups is 1. The van der Waals surface area contributed by atoms with E-state index in [9.17, 15) is 4.79 Å². The zero-order valence-electron chi connectivity index (χ0n) is 17.0. The van der Waals surface area contributed by atoms with Gasteiger partial charge in [0.1, 0.15) is 0 Å². The molecule has 1 amide bonds. The summed E-state index contributed by atoms with van der Waals surface area (Å²) < 4.78 is 0. The second-order valence-electron chi connectivity index (χ2n) is 7.90. The summed E-state index contributed by atoms with van der Waals surface area (Å²) in [6.07, 6.45) is 5.10. The van der Waals surface area contributed by atoms with Crippen LogP contribution >= 0.6 is 0 Å². The minimum absolute atomic E-state index is 0.308. The van der Waals surface area contributed by atoms with Crippen LogP contribution in [0.15, 0.2) is 24.4 Å². The van der Waals surface area contributed by atoms with Crippen LogP contribution in [-0.4, -0.2) is 102 Å². The number of likely N-dealkylation sites (tertiary alicyclic amines) is 1. The molecule has 3 heterocycles. The van der Waals surface area contributed by atoms with Gasteiger partial charge < -0.3 is 14.7 Å². The quantitative estimate of drug-likeness (QED) is 0.718. The molecule has 0 radical (unpaired) electrons. The highest BCUT2D eigenvalue weighted by atomic mass is 16.2. The standard InChI is InChI=1S/C21H35N5O/c1-3-24-13-15-25(16-14-24)18-21(27)26-11-6-8-20(17-26)23(2)12-9-19-7-4-5-10-22-19/h4-5,7,10,20H,3,6,8-9,11-18H2,1-2H3. The maximum absolute atomic E-state index is 12.8. The van der Waals surface area contributed by atoms with Gasteiger partial charge in [-0.15, -0.1) is 0 Å². The number of amides is 1. The van der Waals surface area contributed by atoms with E-state index in [2.05, 4.69) is 44.6 Å². The average molecular weight is 374 g/mol. The zero-order chi connectivity index (χ0) is 19.1. The molecule has 1 aromatic heterocycles. The molecule has 6 heteroatoms. The molecule has 1 aromatic rings. The number of nitrogens with zero attached hydrogens (tertiary/aromatic N) is 5. The molecular formula is C21H35N5O. The largest absolute Gasteiger partial charge is 0.340 e. The predicted molar refractivity (Wildman–Crippen MR) is 109 cm³/mol. The summed E-state index contributed by atoms with van der Waals surface area (Å²) in [5, 5.41) is 0. The number of hydrogen-bond donors (Lipinski definition) is 0. The van der Waals surface area contributed by atoms with Crippen molar-refractivity contribution < 1.29 is 4.79 Å². The lowest BCUT2D eigenvalue weighted by atomic mass is 10.0. The van der Waals surface area contributed by atoms with E-state index in [0.29, 0.717) is 18.5 Å². The Hall–Kier alpha value is -1.50. The summed E-state index contributed by atoms with van der Waals surface area (Å²) >= 11 is 0. The first-order chi connectivity index (χ1) is 13.2. The molecule has 0 aromatic carbocycles. The molecule has 2 aliphatic heterocycles. The van der Waals surface area contributed by atoms with Gasteiger partial charge in [0.2, 0.25) is 5.91 Å².